The highest BCUT2D eigenvalue weighted by Crippen LogP contribution is 2.16. The van der Waals surface area contributed by atoms with Crippen molar-refractivity contribution in [2.45, 2.75) is 71.1 Å². The molecule has 0 spiro atoms. The number of benzene rings is 2. The molecule has 145 valence electrons. The second-order valence-corrected chi connectivity index (χ2v) is 7.16. The van der Waals surface area contributed by atoms with Crippen molar-refractivity contribution in [1.82, 2.24) is 0 Å². The third kappa shape index (κ3) is 8.43. The van der Waals surface area contributed by atoms with Crippen LogP contribution in [-0.2, 0) is 0 Å². The number of ketones is 1. The van der Waals surface area contributed by atoms with Crippen molar-refractivity contribution >= 4 is 5.78 Å². The summed E-state index contributed by atoms with van der Waals surface area (Å²) in [5, 5.41) is 0. The molecule has 0 fully saturated rings. The third-order valence-electron chi connectivity index (χ3n) is 4.83. The molecule has 0 aliphatic rings. The fraction of sp³-hybridized carbons (Fsp3) is 0.480. The van der Waals surface area contributed by atoms with Crippen LogP contribution in [0.5, 0.6) is 5.75 Å². The van der Waals surface area contributed by atoms with Crippen molar-refractivity contribution in [3.8, 4) is 5.75 Å². The lowest BCUT2D eigenvalue weighted by molar-refractivity contribution is 0.103. The Morgan fingerprint density at radius 3 is 2.04 bits per heavy atom. The Kier molecular flexibility index (Phi) is 10.3. The summed E-state index contributed by atoms with van der Waals surface area (Å²) < 4.78 is 5.78. The largest absolute Gasteiger partial charge is 0.494 e. The maximum Gasteiger partial charge on any atom is 0.193 e. The van der Waals surface area contributed by atoms with Gasteiger partial charge in [0, 0.05) is 11.1 Å². The van der Waals surface area contributed by atoms with Gasteiger partial charge in [0.15, 0.2) is 5.78 Å². The summed E-state index contributed by atoms with van der Waals surface area (Å²) in [5.74, 6) is 0.785. The van der Waals surface area contributed by atoms with Crippen molar-refractivity contribution in [2.24, 2.45) is 0 Å². The zero-order chi connectivity index (χ0) is 19.2. The molecule has 0 atom stereocenters. The van der Waals surface area contributed by atoms with Gasteiger partial charge in [0.2, 0.25) is 0 Å². The molecule has 0 bridgehead atoms. The van der Waals surface area contributed by atoms with Crippen molar-refractivity contribution < 1.29 is 9.53 Å². The zero-order valence-corrected chi connectivity index (χ0v) is 16.7. The van der Waals surface area contributed by atoms with Gasteiger partial charge in [-0.3, -0.25) is 4.79 Å². The van der Waals surface area contributed by atoms with Gasteiger partial charge in [-0.15, -0.1) is 0 Å². The quantitative estimate of drug-likeness (QED) is 0.266. The van der Waals surface area contributed by atoms with Gasteiger partial charge in [-0.05, 0) is 30.7 Å². The van der Waals surface area contributed by atoms with Crippen molar-refractivity contribution in [2.75, 3.05) is 6.61 Å². The second kappa shape index (κ2) is 13.1. The SMILES string of the molecule is CCCCCCCCCCCCOc1c[c]c(C(=O)c2ccccc2)cc1. The van der Waals surface area contributed by atoms with Crippen LogP contribution in [0, 0.1) is 6.07 Å². The minimum absolute atomic E-state index is 0.00292. The summed E-state index contributed by atoms with van der Waals surface area (Å²) in [4.78, 5) is 12.3. The normalized spacial score (nSPS) is 10.7. The van der Waals surface area contributed by atoms with E-state index in [0.717, 1.165) is 18.8 Å². The Balaban J connectivity index is 1.56. The first kappa shape index (κ1) is 21.2. The van der Waals surface area contributed by atoms with E-state index in [1.807, 2.05) is 36.4 Å². The predicted molar refractivity (Wildman–Crippen MR) is 112 cm³/mol. The number of hydrogen-bond acceptors (Lipinski definition) is 2. The number of rotatable bonds is 14. The summed E-state index contributed by atoms with van der Waals surface area (Å²) in [5.41, 5.74) is 1.26. The lowest BCUT2D eigenvalue weighted by Gasteiger charge is -2.07. The van der Waals surface area contributed by atoms with E-state index in [0.29, 0.717) is 11.1 Å². The Labute approximate surface area is 165 Å². The van der Waals surface area contributed by atoms with Gasteiger partial charge in [-0.25, -0.2) is 0 Å². The van der Waals surface area contributed by atoms with E-state index in [-0.39, 0.29) is 5.78 Å². The molecule has 0 saturated carbocycles. The maximum atomic E-state index is 12.3. The Morgan fingerprint density at radius 1 is 0.815 bits per heavy atom. The maximum absolute atomic E-state index is 12.3. The monoisotopic (exact) mass is 365 g/mol. The Morgan fingerprint density at radius 2 is 1.44 bits per heavy atom. The minimum Gasteiger partial charge on any atom is -0.494 e. The van der Waals surface area contributed by atoms with Gasteiger partial charge in [-0.2, -0.15) is 0 Å². The van der Waals surface area contributed by atoms with Gasteiger partial charge in [-0.1, -0.05) is 95.0 Å². The molecule has 0 aromatic heterocycles. The van der Waals surface area contributed by atoms with Crippen LogP contribution in [-0.4, -0.2) is 12.4 Å². The molecule has 0 aliphatic carbocycles. The summed E-state index contributed by atoms with van der Waals surface area (Å²) in [6.07, 6.45) is 13.2. The van der Waals surface area contributed by atoms with Crippen LogP contribution in [0.3, 0.4) is 0 Å². The Hall–Kier alpha value is -2.09. The van der Waals surface area contributed by atoms with Crippen molar-refractivity contribution in [3.05, 3.63) is 65.7 Å². The molecule has 2 aromatic carbocycles. The van der Waals surface area contributed by atoms with Gasteiger partial charge in [0.1, 0.15) is 5.75 Å². The molecule has 2 rings (SSSR count). The van der Waals surface area contributed by atoms with Crippen molar-refractivity contribution in [3.63, 3.8) is 0 Å². The highest BCUT2D eigenvalue weighted by atomic mass is 16.5. The molecular weight excluding hydrogens is 332 g/mol. The highest BCUT2D eigenvalue weighted by molar-refractivity contribution is 6.08. The molecule has 0 aliphatic heterocycles. The second-order valence-electron chi connectivity index (χ2n) is 7.16. The van der Waals surface area contributed by atoms with Crippen LogP contribution in [0.1, 0.15) is 87.1 Å². The molecule has 2 nitrogen and oxygen atoms in total. The number of carbonyl (C=O) groups is 1. The summed E-state index contributed by atoms with van der Waals surface area (Å²) in [7, 11) is 0. The number of hydrogen-bond donors (Lipinski definition) is 0. The fourth-order valence-corrected chi connectivity index (χ4v) is 3.17. The van der Waals surface area contributed by atoms with E-state index in [9.17, 15) is 4.79 Å². The standard InChI is InChI=1S/C25H33O2/c1-2-3-4-5-6-7-8-9-10-14-21-27-24-19-17-23(18-20-24)25(26)22-15-12-11-13-16-22/h11-13,15-17,19-20H,2-10,14,21H2,1H3. The molecule has 0 N–H and O–H groups in total. The first-order chi connectivity index (χ1) is 13.3. The average Bonchev–Trinajstić information content (AvgIpc) is 2.72. The van der Waals surface area contributed by atoms with Crippen LogP contribution in [0.4, 0.5) is 0 Å². The van der Waals surface area contributed by atoms with E-state index >= 15 is 0 Å². The molecule has 2 aromatic rings. The van der Waals surface area contributed by atoms with E-state index in [1.165, 1.54) is 57.8 Å². The molecule has 0 heterocycles. The number of unbranched alkanes of at least 4 members (excludes halogenated alkanes) is 9. The van der Waals surface area contributed by atoms with E-state index in [1.54, 1.807) is 12.1 Å². The molecule has 1 radical (unpaired) electrons. The van der Waals surface area contributed by atoms with Crippen molar-refractivity contribution in [1.29, 1.82) is 0 Å². The molecule has 0 amide bonds. The third-order valence-corrected chi connectivity index (χ3v) is 4.83. The van der Waals surface area contributed by atoms with Crippen LogP contribution >= 0.6 is 0 Å². The van der Waals surface area contributed by atoms with Crippen LogP contribution in [0.25, 0.3) is 0 Å². The average molecular weight is 366 g/mol. The summed E-state index contributed by atoms with van der Waals surface area (Å²) in [6.45, 7) is 3.00. The van der Waals surface area contributed by atoms with Crippen LogP contribution in [0.15, 0.2) is 48.5 Å². The molecule has 0 unspecified atom stereocenters. The lowest BCUT2D eigenvalue weighted by Crippen LogP contribution is -2.02. The van der Waals surface area contributed by atoms with Gasteiger partial charge in [0.05, 0.1) is 6.61 Å². The lowest BCUT2D eigenvalue weighted by atomic mass is 10.0. The topological polar surface area (TPSA) is 26.3 Å². The first-order valence-corrected chi connectivity index (χ1v) is 10.6. The predicted octanol–water partition coefficient (Wildman–Crippen LogP) is 7.02. The van der Waals surface area contributed by atoms with E-state index < -0.39 is 0 Å². The minimum atomic E-state index is -0.00292. The van der Waals surface area contributed by atoms with E-state index in [2.05, 4.69) is 13.0 Å². The zero-order valence-electron chi connectivity index (χ0n) is 16.7. The summed E-state index contributed by atoms with van der Waals surface area (Å²) in [6, 6.07) is 17.8. The fourth-order valence-electron chi connectivity index (χ4n) is 3.17. The van der Waals surface area contributed by atoms with Crippen LogP contribution in [0.2, 0.25) is 0 Å². The number of ether oxygens (including phenoxy) is 1. The summed E-state index contributed by atoms with van der Waals surface area (Å²) >= 11 is 0. The molecular formula is C25H33O2. The van der Waals surface area contributed by atoms with Crippen LogP contribution < -0.4 is 4.74 Å². The highest BCUT2D eigenvalue weighted by Gasteiger charge is 2.08. The number of carbonyl (C=O) groups excluding carboxylic acids is 1. The van der Waals surface area contributed by atoms with Gasteiger partial charge < -0.3 is 4.74 Å². The van der Waals surface area contributed by atoms with E-state index in [4.69, 9.17) is 4.74 Å². The molecule has 27 heavy (non-hydrogen) atoms. The van der Waals surface area contributed by atoms with Gasteiger partial charge in [0.25, 0.3) is 0 Å². The molecule has 2 heteroatoms. The van der Waals surface area contributed by atoms with Gasteiger partial charge >= 0.3 is 0 Å². The first-order valence-electron chi connectivity index (χ1n) is 10.6. The Bertz CT molecular complexity index is 631. The molecule has 0 saturated heterocycles. The smallest absolute Gasteiger partial charge is 0.193 e.